The van der Waals surface area contributed by atoms with E-state index in [1.54, 1.807) is 13.2 Å². The van der Waals surface area contributed by atoms with Crippen LogP contribution in [0.5, 0.6) is 0 Å². The third-order valence-corrected chi connectivity index (χ3v) is 3.81. The van der Waals surface area contributed by atoms with Gasteiger partial charge in [-0.15, -0.1) is 0 Å². The smallest absolute Gasteiger partial charge is 0.242 e. The van der Waals surface area contributed by atoms with Gasteiger partial charge in [-0.1, -0.05) is 12.1 Å². The van der Waals surface area contributed by atoms with Gasteiger partial charge in [0.05, 0.1) is 12.7 Å². The number of carbonyl (C=O) groups excluding carboxylic acids is 2. The zero-order chi connectivity index (χ0) is 16.3. The van der Waals surface area contributed by atoms with Crippen LogP contribution in [0.1, 0.15) is 30.5 Å². The number of nitrogens with one attached hydrogen (secondary N) is 2. The molecular weight excluding hydrogens is 280 g/mol. The second-order valence-corrected chi connectivity index (χ2v) is 5.51. The molecule has 1 atom stereocenters. The van der Waals surface area contributed by atoms with Gasteiger partial charge in [-0.3, -0.25) is 9.59 Å². The molecule has 0 fully saturated rings. The summed E-state index contributed by atoms with van der Waals surface area (Å²) in [6.07, 6.45) is 1.81. The van der Waals surface area contributed by atoms with Crippen LogP contribution in [0.3, 0.4) is 0 Å². The van der Waals surface area contributed by atoms with Gasteiger partial charge in [0.15, 0.2) is 0 Å². The van der Waals surface area contributed by atoms with Crippen LogP contribution in [-0.4, -0.2) is 24.4 Å². The maximum absolute atomic E-state index is 12.1. The Hall–Kier alpha value is -2.30. The fourth-order valence-corrected chi connectivity index (χ4v) is 2.38. The lowest BCUT2D eigenvalue weighted by molar-refractivity contribution is -0.128. The van der Waals surface area contributed by atoms with Gasteiger partial charge in [-0.05, 0) is 38.8 Å². The number of hydrogen-bond donors (Lipinski definition) is 2. The molecule has 0 saturated carbocycles. The summed E-state index contributed by atoms with van der Waals surface area (Å²) in [5.41, 5.74) is 3.89. The summed E-state index contributed by atoms with van der Waals surface area (Å²) >= 11 is 0. The van der Waals surface area contributed by atoms with Crippen LogP contribution in [0.25, 0.3) is 11.0 Å². The molecule has 0 bridgehead atoms. The molecule has 118 valence electrons. The van der Waals surface area contributed by atoms with Crippen molar-refractivity contribution in [1.29, 1.82) is 0 Å². The molecule has 0 aliphatic carbocycles. The lowest BCUT2D eigenvalue weighted by atomic mass is 10.0. The summed E-state index contributed by atoms with van der Waals surface area (Å²) in [6.45, 7) is 8.09. The Bertz CT molecular complexity index is 703. The Kier molecular flexibility index (Phi) is 4.85. The molecule has 2 aromatic rings. The summed E-state index contributed by atoms with van der Waals surface area (Å²) in [5.74, 6) is -0.376. The summed E-state index contributed by atoms with van der Waals surface area (Å²) in [7, 11) is 0. The first-order valence-corrected chi connectivity index (χ1v) is 7.47. The van der Waals surface area contributed by atoms with Crippen molar-refractivity contribution in [1.82, 2.24) is 10.6 Å². The van der Waals surface area contributed by atoms with E-state index in [2.05, 4.69) is 10.6 Å². The molecule has 5 nitrogen and oxygen atoms in total. The van der Waals surface area contributed by atoms with E-state index in [-0.39, 0.29) is 18.2 Å². The van der Waals surface area contributed by atoms with E-state index >= 15 is 0 Å². The molecule has 1 aromatic heterocycles. The minimum atomic E-state index is -0.547. The van der Waals surface area contributed by atoms with E-state index < -0.39 is 6.04 Å². The van der Waals surface area contributed by atoms with Crippen molar-refractivity contribution in [3.05, 3.63) is 35.1 Å². The van der Waals surface area contributed by atoms with Crippen LogP contribution in [0.2, 0.25) is 0 Å². The number of rotatable bonds is 5. The van der Waals surface area contributed by atoms with E-state index in [1.165, 1.54) is 0 Å². The number of hydrogen-bond acceptors (Lipinski definition) is 3. The van der Waals surface area contributed by atoms with Crippen LogP contribution in [0.15, 0.2) is 22.8 Å². The van der Waals surface area contributed by atoms with Crippen molar-refractivity contribution < 1.29 is 14.0 Å². The maximum Gasteiger partial charge on any atom is 0.242 e. The Morgan fingerprint density at radius 1 is 1.27 bits per heavy atom. The second kappa shape index (κ2) is 6.64. The summed E-state index contributed by atoms with van der Waals surface area (Å²) < 4.78 is 5.59. The largest absolute Gasteiger partial charge is 0.464 e. The Labute approximate surface area is 130 Å². The van der Waals surface area contributed by atoms with E-state index in [0.717, 1.165) is 27.7 Å². The Morgan fingerprint density at radius 3 is 2.68 bits per heavy atom. The summed E-state index contributed by atoms with van der Waals surface area (Å²) in [4.78, 5) is 23.7. The first-order valence-electron chi connectivity index (χ1n) is 7.47. The molecular formula is C17H22N2O3. The maximum atomic E-state index is 12.1. The quantitative estimate of drug-likeness (QED) is 0.889. The van der Waals surface area contributed by atoms with Gasteiger partial charge in [-0.2, -0.15) is 0 Å². The molecule has 2 rings (SSSR count). The van der Waals surface area contributed by atoms with E-state index in [9.17, 15) is 9.59 Å². The first kappa shape index (κ1) is 16.1. The van der Waals surface area contributed by atoms with Crippen LogP contribution >= 0.6 is 0 Å². The standard InChI is InChI=1S/C17H22N2O3/c1-5-18-17(21)12(4)19-15(20)8-13-9-22-16-11(3)10(2)6-7-14(13)16/h6-7,9,12H,5,8H2,1-4H3,(H,18,21)(H,19,20)/t12-/m1/s1. The highest BCUT2D eigenvalue weighted by Gasteiger charge is 2.17. The van der Waals surface area contributed by atoms with Crippen molar-refractivity contribution in [2.45, 2.75) is 40.2 Å². The molecule has 2 amide bonds. The van der Waals surface area contributed by atoms with Crippen LogP contribution < -0.4 is 10.6 Å². The monoisotopic (exact) mass is 302 g/mol. The molecule has 0 radical (unpaired) electrons. The molecule has 1 heterocycles. The fraction of sp³-hybridized carbons (Fsp3) is 0.412. The number of benzene rings is 1. The molecule has 0 unspecified atom stereocenters. The lowest BCUT2D eigenvalue weighted by Crippen LogP contribution is -2.45. The van der Waals surface area contributed by atoms with Gasteiger partial charge < -0.3 is 15.1 Å². The number of fused-ring (bicyclic) bond motifs is 1. The average molecular weight is 302 g/mol. The van der Waals surface area contributed by atoms with Gasteiger partial charge in [0.1, 0.15) is 11.6 Å². The number of amides is 2. The van der Waals surface area contributed by atoms with Crippen LogP contribution in [0, 0.1) is 13.8 Å². The van der Waals surface area contributed by atoms with Gasteiger partial charge in [-0.25, -0.2) is 0 Å². The lowest BCUT2D eigenvalue weighted by Gasteiger charge is -2.13. The second-order valence-electron chi connectivity index (χ2n) is 5.51. The SMILES string of the molecule is CCNC(=O)[C@@H](C)NC(=O)Cc1coc2c(C)c(C)ccc12. The van der Waals surface area contributed by atoms with Crippen LogP contribution in [-0.2, 0) is 16.0 Å². The predicted molar refractivity (Wildman–Crippen MR) is 85.7 cm³/mol. The van der Waals surface area contributed by atoms with Crippen molar-refractivity contribution >= 4 is 22.8 Å². The molecule has 5 heteroatoms. The normalized spacial score (nSPS) is 12.2. The highest BCUT2D eigenvalue weighted by molar-refractivity contribution is 5.92. The summed E-state index contributed by atoms with van der Waals surface area (Å²) in [5, 5.41) is 6.33. The first-order chi connectivity index (χ1) is 10.4. The van der Waals surface area contributed by atoms with Crippen LogP contribution in [0.4, 0.5) is 0 Å². The minimum Gasteiger partial charge on any atom is -0.464 e. The average Bonchev–Trinajstić information content (AvgIpc) is 2.86. The van der Waals surface area contributed by atoms with E-state index in [4.69, 9.17) is 4.42 Å². The van der Waals surface area contributed by atoms with E-state index in [0.29, 0.717) is 6.54 Å². The molecule has 0 aliphatic rings. The third-order valence-electron chi connectivity index (χ3n) is 3.81. The summed E-state index contributed by atoms with van der Waals surface area (Å²) in [6, 6.07) is 3.44. The highest BCUT2D eigenvalue weighted by atomic mass is 16.3. The molecule has 2 N–H and O–H groups in total. The Morgan fingerprint density at radius 2 is 2.00 bits per heavy atom. The van der Waals surface area contributed by atoms with Gasteiger partial charge in [0.25, 0.3) is 0 Å². The molecule has 0 aliphatic heterocycles. The molecule has 0 spiro atoms. The zero-order valence-electron chi connectivity index (χ0n) is 13.4. The molecule has 1 aromatic carbocycles. The predicted octanol–water partition coefficient (Wildman–Crippen LogP) is 2.23. The number of aryl methyl sites for hydroxylation is 2. The zero-order valence-corrected chi connectivity index (χ0v) is 13.4. The van der Waals surface area contributed by atoms with Crippen molar-refractivity contribution in [3.8, 4) is 0 Å². The van der Waals surface area contributed by atoms with Crippen molar-refractivity contribution in [2.75, 3.05) is 6.54 Å². The Balaban J connectivity index is 2.09. The highest BCUT2D eigenvalue weighted by Crippen LogP contribution is 2.26. The van der Waals surface area contributed by atoms with E-state index in [1.807, 2.05) is 32.9 Å². The number of furan rings is 1. The molecule has 22 heavy (non-hydrogen) atoms. The van der Waals surface area contributed by atoms with Gasteiger partial charge in [0.2, 0.25) is 11.8 Å². The third kappa shape index (κ3) is 3.30. The molecule has 0 saturated heterocycles. The fourth-order valence-electron chi connectivity index (χ4n) is 2.38. The van der Waals surface area contributed by atoms with Crippen molar-refractivity contribution in [2.24, 2.45) is 0 Å². The van der Waals surface area contributed by atoms with Gasteiger partial charge >= 0.3 is 0 Å². The van der Waals surface area contributed by atoms with Gasteiger partial charge in [0, 0.05) is 17.5 Å². The number of likely N-dealkylation sites (N-methyl/N-ethyl adjacent to an activating group) is 1. The number of carbonyl (C=O) groups is 2. The topological polar surface area (TPSA) is 71.3 Å². The minimum absolute atomic E-state index is 0.181. The van der Waals surface area contributed by atoms with Crippen molar-refractivity contribution in [3.63, 3.8) is 0 Å².